The molecule has 6 nitrogen and oxygen atoms in total. The number of likely N-dealkylation sites (tertiary alicyclic amines) is 1. The topological polar surface area (TPSA) is 70.1 Å². The van der Waals surface area contributed by atoms with E-state index in [0.717, 1.165) is 25.9 Å². The van der Waals surface area contributed by atoms with Gasteiger partial charge in [-0.05, 0) is 33.2 Å². The molecular weight excluding hydrogens is 248 g/mol. The number of carbonyl (C=O) groups is 2. The average Bonchev–Trinajstić information content (AvgIpc) is 2.39. The van der Waals surface area contributed by atoms with Gasteiger partial charge in [0.2, 0.25) is 5.91 Å². The Balaban J connectivity index is 2.02. The van der Waals surface area contributed by atoms with Crippen LogP contribution in [0.5, 0.6) is 0 Å². The van der Waals surface area contributed by atoms with E-state index in [4.69, 9.17) is 9.84 Å². The van der Waals surface area contributed by atoms with E-state index in [9.17, 15) is 9.59 Å². The third-order valence-electron chi connectivity index (χ3n) is 3.97. The lowest BCUT2D eigenvalue weighted by atomic mass is 10.0. The van der Waals surface area contributed by atoms with Crippen LogP contribution in [0.15, 0.2) is 0 Å². The Morgan fingerprint density at radius 2 is 2.16 bits per heavy atom. The van der Waals surface area contributed by atoms with Crippen molar-refractivity contribution in [2.24, 2.45) is 0 Å². The lowest BCUT2D eigenvalue weighted by Gasteiger charge is -2.43. The molecule has 2 aliphatic heterocycles. The van der Waals surface area contributed by atoms with Crippen LogP contribution in [-0.2, 0) is 14.3 Å². The molecule has 0 radical (unpaired) electrons. The second-order valence-corrected chi connectivity index (χ2v) is 5.57. The summed E-state index contributed by atoms with van der Waals surface area (Å²) in [5, 5.41) is 9.01. The Morgan fingerprint density at radius 1 is 1.42 bits per heavy atom. The summed E-state index contributed by atoms with van der Waals surface area (Å²) >= 11 is 0. The minimum atomic E-state index is -0.992. The van der Waals surface area contributed by atoms with E-state index < -0.39 is 12.1 Å². The molecular formula is C13H22N2O4. The van der Waals surface area contributed by atoms with Gasteiger partial charge in [0, 0.05) is 18.6 Å². The predicted molar refractivity (Wildman–Crippen MR) is 68.8 cm³/mol. The quantitative estimate of drug-likeness (QED) is 0.791. The van der Waals surface area contributed by atoms with Crippen LogP contribution in [-0.4, -0.2) is 71.2 Å². The van der Waals surface area contributed by atoms with Crippen LogP contribution >= 0.6 is 0 Å². The molecule has 0 spiro atoms. The van der Waals surface area contributed by atoms with Crippen molar-refractivity contribution < 1.29 is 19.4 Å². The zero-order chi connectivity index (χ0) is 14.0. The molecule has 0 aromatic rings. The largest absolute Gasteiger partial charge is 0.479 e. The number of carboxylic acids is 1. The van der Waals surface area contributed by atoms with Crippen LogP contribution < -0.4 is 0 Å². The van der Waals surface area contributed by atoms with Crippen molar-refractivity contribution >= 4 is 11.9 Å². The van der Waals surface area contributed by atoms with Crippen molar-refractivity contribution in [1.82, 2.24) is 9.80 Å². The Hall–Kier alpha value is -1.14. The highest BCUT2D eigenvalue weighted by Gasteiger charge is 2.36. The maximum atomic E-state index is 11.9. The van der Waals surface area contributed by atoms with Crippen molar-refractivity contribution in [3.05, 3.63) is 0 Å². The van der Waals surface area contributed by atoms with Gasteiger partial charge in [0.1, 0.15) is 6.61 Å². The highest BCUT2D eigenvalue weighted by molar-refractivity contribution is 5.81. The third kappa shape index (κ3) is 3.25. The first-order chi connectivity index (χ1) is 8.99. The summed E-state index contributed by atoms with van der Waals surface area (Å²) < 4.78 is 5.04. The summed E-state index contributed by atoms with van der Waals surface area (Å²) in [6.45, 7) is 6.22. The van der Waals surface area contributed by atoms with Gasteiger partial charge in [-0.15, -0.1) is 0 Å². The molecule has 2 unspecified atom stereocenters. The number of rotatable bonds is 3. The summed E-state index contributed by atoms with van der Waals surface area (Å²) in [6, 6.07) is 0.573. The molecule has 0 aromatic heterocycles. The lowest BCUT2D eigenvalue weighted by molar-refractivity contribution is -0.168. The van der Waals surface area contributed by atoms with E-state index >= 15 is 0 Å². The van der Waals surface area contributed by atoms with Gasteiger partial charge in [-0.2, -0.15) is 0 Å². The Kier molecular flexibility index (Phi) is 4.42. The van der Waals surface area contributed by atoms with Crippen LogP contribution in [0.2, 0.25) is 0 Å². The minimum Gasteiger partial charge on any atom is -0.479 e. The molecule has 108 valence electrons. The summed E-state index contributed by atoms with van der Waals surface area (Å²) in [5.74, 6) is -1.08. The first-order valence-corrected chi connectivity index (χ1v) is 6.87. The standard InChI is InChI=1S/C13H22N2O4/c1-9(2)14-5-3-4-10(6-14)15-7-11(13(17)18)19-8-12(15)16/h9-11H,3-8H2,1-2H3,(H,17,18). The molecule has 19 heavy (non-hydrogen) atoms. The third-order valence-corrected chi connectivity index (χ3v) is 3.97. The second-order valence-electron chi connectivity index (χ2n) is 5.57. The van der Waals surface area contributed by atoms with E-state index in [1.165, 1.54) is 0 Å². The number of aliphatic carboxylic acids is 1. The van der Waals surface area contributed by atoms with Crippen LogP contribution in [0, 0.1) is 0 Å². The van der Waals surface area contributed by atoms with Gasteiger partial charge in [-0.1, -0.05) is 0 Å². The number of amides is 1. The van der Waals surface area contributed by atoms with E-state index in [-0.39, 0.29) is 25.1 Å². The highest BCUT2D eigenvalue weighted by atomic mass is 16.5. The summed E-state index contributed by atoms with van der Waals surface area (Å²) in [6.07, 6.45) is 1.11. The fourth-order valence-electron chi connectivity index (χ4n) is 2.80. The van der Waals surface area contributed by atoms with Gasteiger partial charge < -0.3 is 14.7 Å². The number of hydrogen-bond acceptors (Lipinski definition) is 4. The van der Waals surface area contributed by atoms with Crippen molar-refractivity contribution in [3.8, 4) is 0 Å². The van der Waals surface area contributed by atoms with Crippen molar-refractivity contribution in [2.45, 2.75) is 44.9 Å². The summed E-state index contributed by atoms with van der Waals surface area (Å²) in [5.41, 5.74) is 0. The number of morpholine rings is 1. The minimum absolute atomic E-state index is 0.0897. The number of carbonyl (C=O) groups excluding carboxylic acids is 1. The van der Waals surface area contributed by atoms with Crippen LogP contribution in [0.25, 0.3) is 0 Å². The Labute approximate surface area is 113 Å². The molecule has 2 fully saturated rings. The average molecular weight is 270 g/mol. The SMILES string of the molecule is CC(C)N1CCCC(N2CC(C(=O)O)OCC2=O)C1. The molecule has 2 heterocycles. The molecule has 2 rings (SSSR count). The van der Waals surface area contributed by atoms with Gasteiger partial charge in [-0.25, -0.2) is 4.79 Å². The van der Waals surface area contributed by atoms with Crippen molar-refractivity contribution in [3.63, 3.8) is 0 Å². The first-order valence-electron chi connectivity index (χ1n) is 6.87. The molecule has 0 aliphatic carbocycles. The fourth-order valence-corrected chi connectivity index (χ4v) is 2.80. The van der Waals surface area contributed by atoms with Gasteiger partial charge >= 0.3 is 5.97 Å². The van der Waals surface area contributed by atoms with Gasteiger partial charge in [0.25, 0.3) is 0 Å². The molecule has 2 aliphatic rings. The van der Waals surface area contributed by atoms with Crippen molar-refractivity contribution in [2.75, 3.05) is 26.2 Å². The van der Waals surface area contributed by atoms with E-state index in [2.05, 4.69) is 18.7 Å². The Bertz CT molecular complexity index is 359. The predicted octanol–water partition coefficient (Wildman–Crippen LogP) is 0.171. The molecule has 0 bridgehead atoms. The molecule has 6 heteroatoms. The number of carboxylic acid groups (broad SMARTS) is 1. The molecule has 0 saturated carbocycles. The molecule has 2 saturated heterocycles. The van der Waals surface area contributed by atoms with Crippen LogP contribution in [0.3, 0.4) is 0 Å². The van der Waals surface area contributed by atoms with Crippen molar-refractivity contribution in [1.29, 1.82) is 0 Å². The second kappa shape index (κ2) is 5.88. The summed E-state index contributed by atoms with van der Waals surface area (Å²) in [7, 11) is 0. The number of hydrogen-bond donors (Lipinski definition) is 1. The Morgan fingerprint density at radius 3 is 2.79 bits per heavy atom. The number of ether oxygens (including phenoxy) is 1. The molecule has 0 aromatic carbocycles. The lowest BCUT2D eigenvalue weighted by Crippen LogP contribution is -2.58. The van der Waals surface area contributed by atoms with E-state index in [1.807, 2.05) is 0 Å². The first kappa shape index (κ1) is 14.3. The van der Waals surface area contributed by atoms with Crippen LogP contribution in [0.4, 0.5) is 0 Å². The van der Waals surface area contributed by atoms with E-state index in [0.29, 0.717) is 6.04 Å². The summed E-state index contributed by atoms with van der Waals surface area (Å²) in [4.78, 5) is 27.0. The fraction of sp³-hybridized carbons (Fsp3) is 0.846. The molecule has 1 N–H and O–H groups in total. The highest BCUT2D eigenvalue weighted by Crippen LogP contribution is 2.20. The maximum absolute atomic E-state index is 11.9. The smallest absolute Gasteiger partial charge is 0.334 e. The van der Waals surface area contributed by atoms with Gasteiger partial charge in [0.05, 0.1) is 6.54 Å². The van der Waals surface area contributed by atoms with Gasteiger partial charge in [0.15, 0.2) is 6.10 Å². The maximum Gasteiger partial charge on any atom is 0.334 e. The number of piperidine rings is 1. The zero-order valence-corrected chi connectivity index (χ0v) is 11.5. The van der Waals surface area contributed by atoms with Gasteiger partial charge in [-0.3, -0.25) is 9.69 Å². The normalized spacial score (nSPS) is 29.8. The molecule has 1 amide bonds. The van der Waals surface area contributed by atoms with E-state index in [1.54, 1.807) is 4.90 Å². The monoisotopic (exact) mass is 270 g/mol. The van der Waals surface area contributed by atoms with Crippen LogP contribution in [0.1, 0.15) is 26.7 Å². The molecule has 2 atom stereocenters. The number of nitrogens with zero attached hydrogens (tertiary/aromatic N) is 2. The zero-order valence-electron chi connectivity index (χ0n) is 11.5.